The summed E-state index contributed by atoms with van der Waals surface area (Å²) < 4.78 is 5.50. The second kappa shape index (κ2) is 6.61. The van der Waals surface area contributed by atoms with Gasteiger partial charge in [0.2, 0.25) is 0 Å². The second-order valence-electron chi connectivity index (χ2n) is 5.76. The van der Waals surface area contributed by atoms with Gasteiger partial charge < -0.3 is 10.1 Å². The maximum atomic E-state index is 5.50. The molecule has 1 aliphatic carbocycles. The normalized spacial score (nSPS) is 26.2. The Hall–Kier alpha value is -0.0800. The Morgan fingerprint density at radius 3 is 2.56 bits per heavy atom. The summed E-state index contributed by atoms with van der Waals surface area (Å²) in [5.74, 6) is 1.83. The van der Waals surface area contributed by atoms with Crippen LogP contribution < -0.4 is 5.32 Å². The monoisotopic (exact) mass is 227 g/mol. The third-order valence-electron chi connectivity index (χ3n) is 4.14. The first-order valence-electron chi connectivity index (χ1n) is 6.85. The van der Waals surface area contributed by atoms with Gasteiger partial charge in [-0.15, -0.1) is 0 Å². The molecular weight excluding hydrogens is 198 g/mol. The highest BCUT2D eigenvalue weighted by Gasteiger charge is 2.28. The van der Waals surface area contributed by atoms with E-state index in [0.717, 1.165) is 18.4 Å². The minimum atomic E-state index is 0.0608. The summed E-state index contributed by atoms with van der Waals surface area (Å²) in [5.41, 5.74) is 0.0608. The Kier molecular flexibility index (Phi) is 5.77. The lowest BCUT2D eigenvalue weighted by Crippen LogP contribution is -2.28. The molecule has 0 aliphatic heterocycles. The first-order valence-corrected chi connectivity index (χ1v) is 6.85. The van der Waals surface area contributed by atoms with Crippen molar-refractivity contribution in [3.05, 3.63) is 0 Å². The van der Waals surface area contributed by atoms with Gasteiger partial charge in [-0.25, -0.2) is 0 Å². The van der Waals surface area contributed by atoms with Gasteiger partial charge >= 0.3 is 0 Å². The van der Waals surface area contributed by atoms with Crippen LogP contribution in [0.5, 0.6) is 0 Å². The summed E-state index contributed by atoms with van der Waals surface area (Å²) in [4.78, 5) is 0. The summed E-state index contributed by atoms with van der Waals surface area (Å²) in [6.45, 7) is 8.90. The number of hydrogen-bond donors (Lipinski definition) is 1. The molecule has 96 valence electrons. The molecule has 1 N–H and O–H groups in total. The highest BCUT2D eigenvalue weighted by molar-refractivity contribution is 4.81. The van der Waals surface area contributed by atoms with Gasteiger partial charge in [0, 0.05) is 7.11 Å². The summed E-state index contributed by atoms with van der Waals surface area (Å²) in [5, 5.41) is 3.50. The molecular formula is C14H29NO. The zero-order chi connectivity index (χ0) is 12.0. The minimum absolute atomic E-state index is 0.0608. The van der Waals surface area contributed by atoms with Gasteiger partial charge in [0.25, 0.3) is 0 Å². The van der Waals surface area contributed by atoms with E-state index in [4.69, 9.17) is 4.74 Å². The van der Waals surface area contributed by atoms with E-state index in [2.05, 4.69) is 26.1 Å². The van der Waals surface area contributed by atoms with Crippen LogP contribution in [-0.2, 0) is 4.74 Å². The predicted molar refractivity (Wildman–Crippen MR) is 69.7 cm³/mol. The largest absolute Gasteiger partial charge is 0.379 e. The average molecular weight is 227 g/mol. The predicted octanol–water partition coefficient (Wildman–Crippen LogP) is 3.22. The molecule has 0 spiro atoms. The lowest BCUT2D eigenvalue weighted by atomic mass is 9.87. The molecule has 0 heterocycles. The second-order valence-corrected chi connectivity index (χ2v) is 5.76. The molecule has 2 atom stereocenters. The maximum Gasteiger partial charge on any atom is 0.0622 e. The van der Waals surface area contributed by atoms with Gasteiger partial charge in [-0.05, 0) is 58.0 Å². The van der Waals surface area contributed by atoms with Crippen LogP contribution in [0.2, 0.25) is 0 Å². The van der Waals surface area contributed by atoms with E-state index in [1.165, 1.54) is 38.6 Å². The van der Waals surface area contributed by atoms with Gasteiger partial charge in [-0.1, -0.05) is 19.8 Å². The maximum absolute atomic E-state index is 5.50. The molecule has 0 aromatic heterocycles. The van der Waals surface area contributed by atoms with Gasteiger partial charge in [-0.2, -0.15) is 0 Å². The number of rotatable bonds is 7. The molecule has 2 unspecified atom stereocenters. The molecule has 2 nitrogen and oxygen atoms in total. The molecule has 2 heteroatoms. The van der Waals surface area contributed by atoms with E-state index in [-0.39, 0.29) is 5.60 Å². The van der Waals surface area contributed by atoms with Gasteiger partial charge in [-0.3, -0.25) is 0 Å². The molecule has 0 aromatic rings. The molecule has 0 bridgehead atoms. The van der Waals surface area contributed by atoms with Crippen molar-refractivity contribution in [2.24, 2.45) is 11.8 Å². The Bertz CT molecular complexity index is 191. The minimum Gasteiger partial charge on any atom is -0.379 e. The topological polar surface area (TPSA) is 21.3 Å². The van der Waals surface area contributed by atoms with Gasteiger partial charge in [0.15, 0.2) is 0 Å². The van der Waals surface area contributed by atoms with Crippen LogP contribution in [-0.4, -0.2) is 25.8 Å². The lowest BCUT2D eigenvalue weighted by Gasteiger charge is -2.27. The highest BCUT2D eigenvalue weighted by atomic mass is 16.5. The van der Waals surface area contributed by atoms with E-state index in [1.54, 1.807) is 0 Å². The van der Waals surface area contributed by atoms with Crippen LogP contribution in [0.15, 0.2) is 0 Å². The quantitative estimate of drug-likeness (QED) is 0.721. The SMILES string of the molecule is CCNCC1CCCC1CCC(C)(C)OC. The zero-order valence-electron chi connectivity index (χ0n) is 11.5. The van der Waals surface area contributed by atoms with Crippen molar-refractivity contribution in [3.63, 3.8) is 0 Å². The fraction of sp³-hybridized carbons (Fsp3) is 1.00. The fourth-order valence-corrected chi connectivity index (χ4v) is 2.73. The Morgan fingerprint density at radius 2 is 1.94 bits per heavy atom. The first kappa shape index (κ1) is 14.0. The lowest BCUT2D eigenvalue weighted by molar-refractivity contribution is 0.00907. The molecule has 16 heavy (non-hydrogen) atoms. The summed E-state index contributed by atoms with van der Waals surface area (Å²) in [6.07, 6.45) is 6.79. The molecule has 0 amide bonds. The van der Waals surface area contributed by atoms with Crippen molar-refractivity contribution < 1.29 is 4.74 Å². The molecule has 1 fully saturated rings. The number of hydrogen-bond acceptors (Lipinski definition) is 2. The van der Waals surface area contributed by atoms with Crippen LogP contribution in [0.25, 0.3) is 0 Å². The molecule has 1 rings (SSSR count). The van der Waals surface area contributed by atoms with Crippen LogP contribution >= 0.6 is 0 Å². The van der Waals surface area contributed by atoms with Crippen LogP contribution in [0.3, 0.4) is 0 Å². The van der Waals surface area contributed by atoms with Crippen molar-refractivity contribution in [1.29, 1.82) is 0 Å². The molecule has 0 radical (unpaired) electrons. The van der Waals surface area contributed by atoms with Crippen molar-refractivity contribution in [2.75, 3.05) is 20.2 Å². The summed E-state index contributed by atoms with van der Waals surface area (Å²) in [6, 6.07) is 0. The first-order chi connectivity index (χ1) is 7.59. The fourth-order valence-electron chi connectivity index (χ4n) is 2.73. The zero-order valence-corrected chi connectivity index (χ0v) is 11.5. The van der Waals surface area contributed by atoms with Crippen molar-refractivity contribution in [3.8, 4) is 0 Å². The Morgan fingerprint density at radius 1 is 1.25 bits per heavy atom. The van der Waals surface area contributed by atoms with Crippen LogP contribution in [0, 0.1) is 11.8 Å². The van der Waals surface area contributed by atoms with Gasteiger partial charge in [0.05, 0.1) is 5.60 Å². The Balaban J connectivity index is 2.29. The molecule has 1 saturated carbocycles. The highest BCUT2D eigenvalue weighted by Crippen LogP contribution is 2.36. The van der Waals surface area contributed by atoms with Crippen LogP contribution in [0.4, 0.5) is 0 Å². The Labute approximate surface area is 101 Å². The van der Waals surface area contributed by atoms with Crippen molar-refractivity contribution in [1.82, 2.24) is 5.32 Å². The smallest absolute Gasteiger partial charge is 0.0622 e. The van der Waals surface area contributed by atoms with E-state index >= 15 is 0 Å². The molecule has 0 aromatic carbocycles. The number of ether oxygens (including phenoxy) is 1. The van der Waals surface area contributed by atoms with Gasteiger partial charge in [0.1, 0.15) is 0 Å². The number of methoxy groups -OCH3 is 1. The number of nitrogens with one attached hydrogen (secondary N) is 1. The van der Waals surface area contributed by atoms with Crippen molar-refractivity contribution >= 4 is 0 Å². The average Bonchev–Trinajstić information content (AvgIpc) is 2.71. The van der Waals surface area contributed by atoms with Crippen molar-refractivity contribution in [2.45, 2.75) is 58.5 Å². The summed E-state index contributed by atoms with van der Waals surface area (Å²) in [7, 11) is 1.82. The standard InChI is InChI=1S/C14H29NO/c1-5-15-11-13-8-6-7-12(13)9-10-14(2,3)16-4/h12-13,15H,5-11H2,1-4H3. The molecule has 0 saturated heterocycles. The van der Waals surface area contributed by atoms with Crippen LogP contribution in [0.1, 0.15) is 52.9 Å². The molecule has 1 aliphatic rings. The van der Waals surface area contributed by atoms with E-state index in [1.807, 2.05) is 7.11 Å². The van der Waals surface area contributed by atoms with E-state index in [9.17, 15) is 0 Å². The van der Waals surface area contributed by atoms with E-state index < -0.39 is 0 Å². The summed E-state index contributed by atoms with van der Waals surface area (Å²) >= 11 is 0. The third kappa shape index (κ3) is 4.42. The van der Waals surface area contributed by atoms with E-state index in [0.29, 0.717) is 0 Å². The third-order valence-corrected chi connectivity index (χ3v) is 4.14.